The van der Waals surface area contributed by atoms with Crippen molar-refractivity contribution in [1.29, 1.82) is 0 Å². The third-order valence-electron chi connectivity index (χ3n) is 2.91. The first kappa shape index (κ1) is 11.7. The van der Waals surface area contributed by atoms with Crippen molar-refractivity contribution in [3.63, 3.8) is 0 Å². The van der Waals surface area contributed by atoms with Crippen LogP contribution in [0, 0.1) is 0 Å². The number of halogens is 2. The normalized spacial score (nSPS) is 27.6. The second kappa shape index (κ2) is 3.91. The van der Waals surface area contributed by atoms with E-state index in [4.69, 9.17) is 28.9 Å². The fraction of sp³-hybridized carbons (Fsp3) is 0.364. The van der Waals surface area contributed by atoms with Gasteiger partial charge >= 0.3 is 5.97 Å². The molecule has 1 aliphatic carbocycles. The van der Waals surface area contributed by atoms with E-state index >= 15 is 0 Å². The third kappa shape index (κ3) is 1.79. The quantitative estimate of drug-likeness (QED) is 0.830. The number of methoxy groups -OCH3 is 1. The summed E-state index contributed by atoms with van der Waals surface area (Å²) in [5.74, 6) is -0.478. The maximum absolute atomic E-state index is 11.4. The van der Waals surface area contributed by atoms with Crippen molar-refractivity contribution >= 4 is 29.2 Å². The number of nitrogens with two attached hydrogens (primary N) is 1. The first-order chi connectivity index (χ1) is 7.49. The molecular formula is C11H11Cl2NO2. The van der Waals surface area contributed by atoms with Crippen molar-refractivity contribution in [2.45, 2.75) is 17.9 Å². The molecule has 0 aromatic heterocycles. The van der Waals surface area contributed by atoms with Gasteiger partial charge in [-0.1, -0.05) is 29.3 Å². The summed E-state index contributed by atoms with van der Waals surface area (Å²) in [6.07, 6.45) is 0.557. The molecule has 0 bridgehead atoms. The molecule has 1 aliphatic rings. The maximum Gasteiger partial charge on any atom is 0.326 e. The van der Waals surface area contributed by atoms with Crippen LogP contribution in [0.1, 0.15) is 17.9 Å². The van der Waals surface area contributed by atoms with Crippen LogP contribution in [0.25, 0.3) is 0 Å². The lowest BCUT2D eigenvalue weighted by Crippen LogP contribution is -2.35. The summed E-state index contributed by atoms with van der Waals surface area (Å²) in [5, 5.41) is 1.10. The van der Waals surface area contributed by atoms with Crippen molar-refractivity contribution in [1.82, 2.24) is 0 Å². The van der Waals surface area contributed by atoms with E-state index in [2.05, 4.69) is 4.74 Å². The van der Waals surface area contributed by atoms with Crippen LogP contribution >= 0.6 is 23.2 Å². The average Bonchev–Trinajstić information content (AvgIpc) is 2.91. The van der Waals surface area contributed by atoms with Crippen LogP contribution in [0.3, 0.4) is 0 Å². The number of ether oxygens (including phenoxy) is 1. The smallest absolute Gasteiger partial charge is 0.326 e. The molecule has 0 amide bonds. The van der Waals surface area contributed by atoms with Gasteiger partial charge in [0.15, 0.2) is 0 Å². The summed E-state index contributed by atoms with van der Waals surface area (Å²) in [4.78, 5) is 11.4. The molecule has 1 aromatic rings. The molecule has 16 heavy (non-hydrogen) atoms. The molecule has 0 saturated heterocycles. The van der Waals surface area contributed by atoms with Crippen LogP contribution in [0.15, 0.2) is 18.2 Å². The molecule has 0 aliphatic heterocycles. The number of carbonyl (C=O) groups is 1. The Kier molecular flexibility index (Phi) is 2.86. The van der Waals surface area contributed by atoms with Crippen molar-refractivity contribution in [3.05, 3.63) is 33.8 Å². The second-order valence-corrected chi connectivity index (χ2v) is 4.80. The Hall–Kier alpha value is -0.770. The van der Waals surface area contributed by atoms with E-state index in [-0.39, 0.29) is 5.92 Å². The van der Waals surface area contributed by atoms with Crippen LogP contribution < -0.4 is 5.73 Å². The standard InChI is InChI=1S/C11H11Cl2NO2/c1-16-10(15)11(14)5-8(11)7-3-2-6(12)4-9(7)13/h2-4,8H,5,14H2,1H3. The topological polar surface area (TPSA) is 52.3 Å². The van der Waals surface area contributed by atoms with Crippen LogP contribution in [0.4, 0.5) is 0 Å². The Balaban J connectivity index is 2.26. The van der Waals surface area contributed by atoms with Crippen molar-refractivity contribution in [2.24, 2.45) is 5.73 Å². The zero-order valence-corrected chi connectivity index (χ0v) is 10.2. The van der Waals surface area contributed by atoms with Gasteiger partial charge in [-0.2, -0.15) is 0 Å². The van der Waals surface area contributed by atoms with Gasteiger partial charge in [0.1, 0.15) is 5.54 Å². The van der Waals surface area contributed by atoms with E-state index in [9.17, 15) is 4.79 Å². The highest BCUT2D eigenvalue weighted by atomic mass is 35.5. The molecule has 3 nitrogen and oxygen atoms in total. The van der Waals surface area contributed by atoms with Gasteiger partial charge in [-0.05, 0) is 24.1 Å². The second-order valence-electron chi connectivity index (χ2n) is 3.95. The molecule has 0 radical (unpaired) electrons. The Morgan fingerprint density at radius 3 is 2.81 bits per heavy atom. The lowest BCUT2D eigenvalue weighted by Gasteiger charge is -2.10. The number of benzene rings is 1. The molecule has 1 saturated carbocycles. The summed E-state index contributed by atoms with van der Waals surface area (Å²) < 4.78 is 4.66. The number of esters is 1. The largest absolute Gasteiger partial charge is 0.468 e. The Morgan fingerprint density at radius 2 is 2.25 bits per heavy atom. The fourth-order valence-electron chi connectivity index (χ4n) is 1.87. The molecule has 2 rings (SSSR count). The Morgan fingerprint density at radius 1 is 1.56 bits per heavy atom. The molecule has 1 aromatic carbocycles. The molecular weight excluding hydrogens is 249 g/mol. The van der Waals surface area contributed by atoms with E-state index in [0.717, 1.165) is 5.56 Å². The molecule has 2 N–H and O–H groups in total. The summed E-state index contributed by atoms with van der Waals surface area (Å²) in [6.45, 7) is 0. The minimum atomic E-state index is -0.924. The first-order valence-corrected chi connectivity index (χ1v) is 5.57. The average molecular weight is 260 g/mol. The molecule has 2 unspecified atom stereocenters. The lowest BCUT2D eigenvalue weighted by molar-refractivity contribution is -0.143. The summed E-state index contributed by atoms with van der Waals surface area (Å²) >= 11 is 11.8. The molecule has 0 spiro atoms. The van der Waals surface area contributed by atoms with Crippen LogP contribution in [0.5, 0.6) is 0 Å². The predicted molar refractivity (Wildman–Crippen MR) is 62.8 cm³/mol. The molecule has 1 fully saturated rings. The van der Waals surface area contributed by atoms with Crippen LogP contribution in [0.2, 0.25) is 10.0 Å². The fourth-order valence-corrected chi connectivity index (χ4v) is 2.41. The van der Waals surface area contributed by atoms with Gasteiger partial charge in [0.25, 0.3) is 0 Å². The summed E-state index contributed by atoms with van der Waals surface area (Å²) in [7, 11) is 1.33. The highest BCUT2D eigenvalue weighted by Gasteiger charge is 2.59. The van der Waals surface area contributed by atoms with Gasteiger partial charge < -0.3 is 10.5 Å². The minimum absolute atomic E-state index is 0.0790. The van der Waals surface area contributed by atoms with Gasteiger partial charge in [0.05, 0.1) is 7.11 Å². The lowest BCUT2D eigenvalue weighted by atomic mass is 10.1. The predicted octanol–water partition coefficient (Wildman–Crippen LogP) is 2.35. The molecule has 5 heteroatoms. The zero-order valence-electron chi connectivity index (χ0n) is 8.67. The van der Waals surface area contributed by atoms with Gasteiger partial charge in [0.2, 0.25) is 0 Å². The number of hydrogen-bond donors (Lipinski definition) is 1. The van der Waals surface area contributed by atoms with E-state index in [0.29, 0.717) is 16.5 Å². The van der Waals surface area contributed by atoms with Crippen LogP contribution in [-0.4, -0.2) is 18.6 Å². The molecule has 2 atom stereocenters. The van der Waals surface area contributed by atoms with Gasteiger partial charge in [0, 0.05) is 16.0 Å². The minimum Gasteiger partial charge on any atom is -0.468 e. The number of rotatable bonds is 2. The number of carbonyl (C=O) groups excluding carboxylic acids is 1. The SMILES string of the molecule is COC(=O)C1(N)CC1c1ccc(Cl)cc1Cl. The first-order valence-electron chi connectivity index (χ1n) is 4.81. The molecule has 86 valence electrons. The summed E-state index contributed by atoms with van der Waals surface area (Å²) in [5.41, 5.74) is 5.84. The van der Waals surface area contributed by atoms with E-state index in [1.54, 1.807) is 18.2 Å². The third-order valence-corrected chi connectivity index (χ3v) is 3.47. The maximum atomic E-state index is 11.4. The van der Waals surface area contributed by atoms with Crippen molar-refractivity contribution in [3.8, 4) is 0 Å². The monoisotopic (exact) mass is 259 g/mol. The molecule has 0 heterocycles. The highest BCUT2D eigenvalue weighted by Crippen LogP contribution is 2.52. The van der Waals surface area contributed by atoms with Gasteiger partial charge in [-0.25, -0.2) is 0 Å². The Labute approximate surface area is 103 Å². The van der Waals surface area contributed by atoms with E-state index < -0.39 is 11.5 Å². The zero-order chi connectivity index (χ0) is 11.9. The van der Waals surface area contributed by atoms with E-state index in [1.807, 2.05) is 0 Å². The number of hydrogen-bond acceptors (Lipinski definition) is 3. The summed E-state index contributed by atoms with van der Waals surface area (Å²) in [6, 6.07) is 5.18. The van der Waals surface area contributed by atoms with Crippen molar-refractivity contribution in [2.75, 3.05) is 7.11 Å². The van der Waals surface area contributed by atoms with Crippen molar-refractivity contribution < 1.29 is 9.53 Å². The van der Waals surface area contributed by atoms with Gasteiger partial charge in [-0.15, -0.1) is 0 Å². The van der Waals surface area contributed by atoms with Gasteiger partial charge in [-0.3, -0.25) is 4.79 Å². The Bertz CT molecular complexity index is 450. The highest BCUT2D eigenvalue weighted by molar-refractivity contribution is 6.35. The van der Waals surface area contributed by atoms with E-state index in [1.165, 1.54) is 7.11 Å². The van der Waals surface area contributed by atoms with Crippen LogP contribution in [-0.2, 0) is 9.53 Å².